The van der Waals surface area contributed by atoms with Crippen LogP contribution in [0.15, 0.2) is 89.8 Å². The van der Waals surface area contributed by atoms with Crippen molar-refractivity contribution in [3.05, 3.63) is 101 Å². The van der Waals surface area contributed by atoms with E-state index >= 15 is 0 Å². The Balaban J connectivity index is 1.65. The van der Waals surface area contributed by atoms with Crippen molar-refractivity contribution in [1.82, 2.24) is 4.31 Å². The number of hydrogen-bond acceptors (Lipinski definition) is 3. The predicted octanol–water partition coefficient (Wildman–Crippen LogP) is 4.81. The fourth-order valence-electron chi connectivity index (χ4n) is 2.78. The molecule has 3 aromatic carbocycles. The average Bonchev–Trinajstić information content (AvgIpc) is 2.74. The highest BCUT2D eigenvalue weighted by Gasteiger charge is 2.20. The van der Waals surface area contributed by atoms with E-state index < -0.39 is 10.0 Å². The lowest BCUT2D eigenvalue weighted by Gasteiger charge is -2.17. The third-order valence-electron chi connectivity index (χ3n) is 4.40. The van der Waals surface area contributed by atoms with E-state index in [0.29, 0.717) is 10.7 Å². The molecule has 0 fully saturated rings. The molecule has 0 saturated carbocycles. The average molecular weight is 441 g/mol. The first-order chi connectivity index (χ1) is 14.4. The number of carbonyl (C=O) groups is 1. The van der Waals surface area contributed by atoms with Crippen LogP contribution in [0.4, 0.5) is 5.69 Å². The second kappa shape index (κ2) is 9.71. The van der Waals surface area contributed by atoms with Crippen molar-refractivity contribution >= 4 is 39.3 Å². The van der Waals surface area contributed by atoms with Crippen molar-refractivity contribution in [2.24, 2.45) is 0 Å². The lowest BCUT2D eigenvalue weighted by molar-refractivity contribution is -0.111. The molecule has 0 radical (unpaired) electrons. The van der Waals surface area contributed by atoms with E-state index in [1.165, 1.54) is 29.6 Å². The first kappa shape index (κ1) is 21.8. The summed E-state index contributed by atoms with van der Waals surface area (Å²) >= 11 is 6.06. The number of halogens is 1. The van der Waals surface area contributed by atoms with Crippen LogP contribution < -0.4 is 5.32 Å². The molecular weight excluding hydrogens is 420 g/mol. The molecular formula is C23H21ClN2O3S. The van der Waals surface area contributed by atoms with Gasteiger partial charge in [0.2, 0.25) is 15.9 Å². The number of rotatable bonds is 7. The van der Waals surface area contributed by atoms with Gasteiger partial charge in [-0.2, -0.15) is 4.31 Å². The zero-order valence-corrected chi connectivity index (χ0v) is 17.9. The van der Waals surface area contributed by atoms with Crippen LogP contribution in [0.2, 0.25) is 5.02 Å². The topological polar surface area (TPSA) is 66.5 Å². The van der Waals surface area contributed by atoms with Crippen LogP contribution >= 0.6 is 11.6 Å². The van der Waals surface area contributed by atoms with E-state index in [1.807, 2.05) is 42.5 Å². The van der Waals surface area contributed by atoms with Gasteiger partial charge in [-0.3, -0.25) is 4.79 Å². The molecule has 0 spiro atoms. The quantitative estimate of drug-likeness (QED) is 0.536. The van der Waals surface area contributed by atoms with Gasteiger partial charge in [-0.1, -0.05) is 60.1 Å². The summed E-state index contributed by atoms with van der Waals surface area (Å²) in [6.07, 6.45) is 2.99. The third-order valence-corrected chi connectivity index (χ3v) is 6.56. The van der Waals surface area contributed by atoms with Crippen molar-refractivity contribution in [3.63, 3.8) is 0 Å². The first-order valence-electron chi connectivity index (χ1n) is 9.20. The number of anilines is 1. The van der Waals surface area contributed by atoms with Gasteiger partial charge >= 0.3 is 0 Å². The number of sulfonamides is 1. The van der Waals surface area contributed by atoms with Crippen LogP contribution in [-0.4, -0.2) is 25.7 Å². The van der Waals surface area contributed by atoms with Crippen LogP contribution in [0.25, 0.3) is 6.08 Å². The standard InChI is InChI=1S/C23H21ClN2O3S/c1-26(17-18-7-3-2-4-8-18)30(28,29)21-14-12-20(13-15-21)25-23(27)16-11-19-9-5-6-10-22(19)24/h2-16H,17H2,1H3,(H,25,27). The molecule has 5 nitrogen and oxygen atoms in total. The van der Waals surface area contributed by atoms with Crippen molar-refractivity contribution in [1.29, 1.82) is 0 Å². The van der Waals surface area contributed by atoms with Crippen molar-refractivity contribution < 1.29 is 13.2 Å². The van der Waals surface area contributed by atoms with Gasteiger partial charge in [-0.15, -0.1) is 0 Å². The summed E-state index contributed by atoms with van der Waals surface area (Å²) in [6, 6.07) is 22.6. The van der Waals surface area contributed by atoms with Crippen molar-refractivity contribution in [3.8, 4) is 0 Å². The van der Waals surface area contributed by atoms with E-state index in [0.717, 1.165) is 11.1 Å². The summed E-state index contributed by atoms with van der Waals surface area (Å²) in [4.78, 5) is 12.3. The SMILES string of the molecule is CN(Cc1ccccc1)S(=O)(=O)c1ccc(NC(=O)C=Cc2ccccc2Cl)cc1. The summed E-state index contributed by atoms with van der Waals surface area (Å²) in [5.74, 6) is -0.341. The minimum Gasteiger partial charge on any atom is -0.323 e. The number of amides is 1. The molecule has 1 N–H and O–H groups in total. The van der Waals surface area contributed by atoms with Crippen LogP contribution in [0.1, 0.15) is 11.1 Å². The Kier molecular flexibility index (Phi) is 7.05. The first-order valence-corrected chi connectivity index (χ1v) is 11.0. The van der Waals surface area contributed by atoms with Gasteiger partial charge in [0.05, 0.1) is 4.90 Å². The van der Waals surface area contributed by atoms with Crippen LogP contribution in [0.5, 0.6) is 0 Å². The van der Waals surface area contributed by atoms with E-state index in [9.17, 15) is 13.2 Å². The lowest BCUT2D eigenvalue weighted by atomic mass is 10.2. The molecule has 154 valence electrons. The number of nitrogens with zero attached hydrogens (tertiary/aromatic N) is 1. The third kappa shape index (κ3) is 5.57. The Bertz CT molecular complexity index is 1140. The number of hydrogen-bond donors (Lipinski definition) is 1. The number of benzene rings is 3. The van der Waals surface area contributed by atoms with E-state index in [1.54, 1.807) is 30.3 Å². The smallest absolute Gasteiger partial charge is 0.248 e. The van der Waals surface area contributed by atoms with Crippen LogP contribution in [-0.2, 0) is 21.4 Å². The van der Waals surface area contributed by atoms with Gasteiger partial charge in [0.25, 0.3) is 0 Å². The Morgan fingerprint density at radius 3 is 2.27 bits per heavy atom. The highest BCUT2D eigenvalue weighted by atomic mass is 35.5. The molecule has 0 bridgehead atoms. The molecule has 0 aromatic heterocycles. The summed E-state index contributed by atoms with van der Waals surface area (Å²) in [5.41, 5.74) is 2.13. The minimum atomic E-state index is -3.64. The number of carbonyl (C=O) groups excluding carboxylic acids is 1. The Morgan fingerprint density at radius 2 is 1.60 bits per heavy atom. The zero-order valence-electron chi connectivity index (χ0n) is 16.3. The van der Waals surface area contributed by atoms with Gasteiger partial charge in [-0.25, -0.2) is 8.42 Å². The van der Waals surface area contributed by atoms with E-state index in [-0.39, 0.29) is 17.3 Å². The van der Waals surface area contributed by atoms with Crippen molar-refractivity contribution in [2.75, 3.05) is 12.4 Å². The maximum atomic E-state index is 12.8. The summed E-state index contributed by atoms with van der Waals surface area (Å²) in [6.45, 7) is 0.272. The molecule has 0 atom stereocenters. The summed E-state index contributed by atoms with van der Waals surface area (Å²) in [5, 5.41) is 3.25. The van der Waals surface area contributed by atoms with Crippen molar-refractivity contribution in [2.45, 2.75) is 11.4 Å². The Morgan fingerprint density at radius 1 is 0.967 bits per heavy atom. The van der Waals surface area contributed by atoms with Crippen LogP contribution in [0, 0.1) is 0 Å². The molecule has 0 heterocycles. The maximum absolute atomic E-state index is 12.8. The Labute approximate surface area is 181 Å². The van der Waals surface area contributed by atoms with Crippen LogP contribution in [0.3, 0.4) is 0 Å². The molecule has 30 heavy (non-hydrogen) atoms. The second-order valence-electron chi connectivity index (χ2n) is 6.62. The second-order valence-corrected chi connectivity index (χ2v) is 9.07. The summed E-state index contributed by atoms with van der Waals surface area (Å²) in [7, 11) is -2.10. The van der Waals surface area contributed by atoms with Gasteiger partial charge in [0, 0.05) is 30.4 Å². The fourth-order valence-corrected chi connectivity index (χ4v) is 4.13. The maximum Gasteiger partial charge on any atom is 0.248 e. The largest absolute Gasteiger partial charge is 0.323 e. The predicted molar refractivity (Wildman–Crippen MR) is 121 cm³/mol. The molecule has 3 rings (SSSR count). The molecule has 3 aromatic rings. The zero-order chi connectivity index (χ0) is 21.6. The normalized spacial score (nSPS) is 11.7. The fraction of sp³-hybridized carbons (Fsp3) is 0.0870. The summed E-state index contributed by atoms with van der Waals surface area (Å²) < 4.78 is 26.8. The van der Waals surface area contributed by atoms with Gasteiger partial charge in [0.15, 0.2) is 0 Å². The van der Waals surface area contributed by atoms with Gasteiger partial charge in [0.1, 0.15) is 0 Å². The highest BCUT2D eigenvalue weighted by molar-refractivity contribution is 7.89. The Hall–Kier alpha value is -2.93. The highest BCUT2D eigenvalue weighted by Crippen LogP contribution is 2.20. The molecule has 0 unspecified atom stereocenters. The minimum absolute atomic E-state index is 0.158. The van der Waals surface area contributed by atoms with Gasteiger partial charge in [-0.05, 0) is 47.5 Å². The van der Waals surface area contributed by atoms with E-state index in [4.69, 9.17) is 11.6 Å². The molecule has 1 amide bonds. The monoisotopic (exact) mass is 440 g/mol. The van der Waals surface area contributed by atoms with E-state index in [2.05, 4.69) is 5.32 Å². The van der Waals surface area contributed by atoms with Gasteiger partial charge < -0.3 is 5.32 Å². The molecule has 0 aliphatic rings. The lowest BCUT2D eigenvalue weighted by Crippen LogP contribution is -2.26. The molecule has 0 saturated heterocycles. The number of nitrogens with one attached hydrogen (secondary N) is 1. The molecule has 0 aliphatic carbocycles. The molecule has 0 aliphatic heterocycles. The molecule has 7 heteroatoms.